The van der Waals surface area contributed by atoms with Crippen molar-refractivity contribution in [2.75, 3.05) is 5.32 Å². The summed E-state index contributed by atoms with van der Waals surface area (Å²) in [6.45, 7) is 10.5. The molecule has 0 unspecified atom stereocenters. The number of nitrogens with zero attached hydrogens (tertiary/aromatic N) is 2. The zero-order valence-electron chi connectivity index (χ0n) is 17.5. The lowest BCUT2D eigenvalue weighted by Gasteiger charge is -2.22. The molecule has 1 aromatic carbocycles. The summed E-state index contributed by atoms with van der Waals surface area (Å²) in [6, 6.07) is 4.27. The summed E-state index contributed by atoms with van der Waals surface area (Å²) in [5.74, 6) is -0.384. The number of hydrogen-bond donors (Lipinski definition) is 2. The van der Waals surface area contributed by atoms with Gasteiger partial charge >= 0.3 is 12.2 Å². The fraction of sp³-hybridized carbons (Fsp3) is 0.500. The highest BCUT2D eigenvalue weighted by Crippen LogP contribution is 2.31. The molecule has 9 nitrogen and oxygen atoms in total. The normalized spacial score (nSPS) is 16.8. The highest BCUT2D eigenvalue weighted by Gasteiger charge is 2.32. The van der Waals surface area contributed by atoms with Gasteiger partial charge in [0, 0.05) is 11.8 Å². The molecule has 1 aromatic heterocycles. The third-order valence-electron chi connectivity index (χ3n) is 4.01. The van der Waals surface area contributed by atoms with Crippen LogP contribution in [-0.2, 0) is 20.7 Å². The number of carbonyl (C=O) groups is 3. The summed E-state index contributed by atoms with van der Waals surface area (Å²) in [7, 11) is 0. The largest absolute Gasteiger partial charge is 0.444 e. The van der Waals surface area contributed by atoms with Gasteiger partial charge in [0.2, 0.25) is 5.91 Å². The Bertz CT molecular complexity index is 981. The predicted octanol–water partition coefficient (Wildman–Crippen LogP) is 3.21. The minimum absolute atomic E-state index is 0.106. The van der Waals surface area contributed by atoms with Gasteiger partial charge in [0.25, 0.3) is 0 Å². The van der Waals surface area contributed by atoms with Crippen molar-refractivity contribution in [2.45, 2.75) is 65.2 Å². The monoisotopic (exact) mass is 402 g/mol. The number of rotatable bonds is 1. The lowest BCUT2D eigenvalue weighted by atomic mass is 10.1. The maximum absolute atomic E-state index is 12.6. The molecule has 156 valence electrons. The first-order valence-corrected chi connectivity index (χ1v) is 9.38. The van der Waals surface area contributed by atoms with Gasteiger partial charge in [-0.3, -0.25) is 4.79 Å². The molecule has 1 atom stereocenters. The van der Waals surface area contributed by atoms with E-state index in [9.17, 15) is 14.4 Å². The molecule has 0 radical (unpaired) electrons. The van der Waals surface area contributed by atoms with Gasteiger partial charge in [0.05, 0.1) is 16.9 Å². The van der Waals surface area contributed by atoms with E-state index in [1.807, 2.05) is 0 Å². The third kappa shape index (κ3) is 4.67. The molecular formula is C20H26N4O5. The zero-order chi connectivity index (χ0) is 21.6. The van der Waals surface area contributed by atoms with Gasteiger partial charge in [0.15, 0.2) is 0 Å². The van der Waals surface area contributed by atoms with Crippen molar-refractivity contribution < 1.29 is 23.9 Å². The Kier molecular flexibility index (Phi) is 5.02. The van der Waals surface area contributed by atoms with E-state index in [2.05, 4.69) is 15.7 Å². The first-order chi connectivity index (χ1) is 13.3. The van der Waals surface area contributed by atoms with Crippen molar-refractivity contribution in [1.29, 1.82) is 0 Å². The van der Waals surface area contributed by atoms with E-state index in [4.69, 9.17) is 9.47 Å². The van der Waals surface area contributed by atoms with Crippen LogP contribution in [0.2, 0.25) is 0 Å². The standard InChI is InChI=1S/C20H26N4O5/c1-19(2,3)28-17(26)22-13-10-12-15-11(21-16(13)25)8-7-9-14(15)24(23-12)18(27)29-20(4,5)6/h7-9,13H,10H2,1-6H3,(H,21,25)(H,22,26)/t13-/m0/s1. The second-order valence-electron chi connectivity index (χ2n) is 8.93. The van der Waals surface area contributed by atoms with E-state index in [0.29, 0.717) is 22.3 Å². The summed E-state index contributed by atoms with van der Waals surface area (Å²) < 4.78 is 11.9. The molecule has 1 aliphatic heterocycles. The first-order valence-electron chi connectivity index (χ1n) is 9.38. The minimum atomic E-state index is -0.901. The van der Waals surface area contributed by atoms with Gasteiger partial charge in [-0.2, -0.15) is 9.78 Å². The second-order valence-corrected chi connectivity index (χ2v) is 8.93. The Morgan fingerprint density at radius 1 is 1.14 bits per heavy atom. The van der Waals surface area contributed by atoms with Crippen LogP contribution in [0.1, 0.15) is 47.2 Å². The van der Waals surface area contributed by atoms with Crippen LogP contribution < -0.4 is 10.6 Å². The van der Waals surface area contributed by atoms with Crippen LogP contribution in [0.4, 0.5) is 15.3 Å². The number of amides is 2. The SMILES string of the molecule is CC(C)(C)OC(=O)N[C@H]1Cc2nn(C(=O)OC(C)(C)C)c3cccc(c23)NC1=O. The number of hydrogen-bond acceptors (Lipinski definition) is 6. The molecule has 2 amide bonds. The number of nitrogens with one attached hydrogen (secondary N) is 2. The summed E-state index contributed by atoms with van der Waals surface area (Å²) in [6.07, 6.45) is -1.21. The number of alkyl carbamates (subject to hydrolysis) is 1. The molecular weight excluding hydrogens is 376 g/mol. The Morgan fingerprint density at radius 3 is 2.41 bits per heavy atom. The Labute approximate surface area is 168 Å². The van der Waals surface area contributed by atoms with Crippen LogP contribution in [0.25, 0.3) is 10.9 Å². The predicted molar refractivity (Wildman–Crippen MR) is 107 cm³/mol. The quantitative estimate of drug-likeness (QED) is 0.758. The van der Waals surface area contributed by atoms with Gasteiger partial charge in [0.1, 0.15) is 17.2 Å². The number of carbonyl (C=O) groups excluding carboxylic acids is 3. The minimum Gasteiger partial charge on any atom is -0.444 e. The van der Waals surface area contributed by atoms with Crippen LogP contribution in [0.5, 0.6) is 0 Å². The summed E-state index contributed by atoms with van der Waals surface area (Å²) >= 11 is 0. The molecule has 2 heterocycles. The van der Waals surface area contributed by atoms with Crippen LogP contribution in [0.15, 0.2) is 18.2 Å². The Balaban J connectivity index is 1.95. The first kappa shape index (κ1) is 20.6. The van der Waals surface area contributed by atoms with E-state index in [-0.39, 0.29) is 12.3 Å². The molecule has 0 saturated heterocycles. The molecule has 0 spiro atoms. The van der Waals surface area contributed by atoms with Crippen molar-refractivity contribution in [3.63, 3.8) is 0 Å². The molecule has 9 heteroatoms. The van der Waals surface area contributed by atoms with Crippen molar-refractivity contribution in [3.05, 3.63) is 23.9 Å². The van der Waals surface area contributed by atoms with E-state index >= 15 is 0 Å². The fourth-order valence-electron chi connectivity index (χ4n) is 3.01. The number of ether oxygens (including phenoxy) is 2. The maximum Gasteiger partial charge on any atom is 0.435 e. The Morgan fingerprint density at radius 2 is 1.79 bits per heavy atom. The van der Waals surface area contributed by atoms with Gasteiger partial charge in [-0.1, -0.05) is 6.07 Å². The van der Waals surface area contributed by atoms with Crippen molar-refractivity contribution in [1.82, 2.24) is 15.1 Å². The second kappa shape index (κ2) is 7.06. The van der Waals surface area contributed by atoms with Crippen molar-refractivity contribution in [2.24, 2.45) is 0 Å². The third-order valence-corrected chi connectivity index (χ3v) is 4.01. The molecule has 0 fully saturated rings. The van der Waals surface area contributed by atoms with E-state index < -0.39 is 29.4 Å². The zero-order valence-corrected chi connectivity index (χ0v) is 17.5. The maximum atomic E-state index is 12.6. The highest BCUT2D eigenvalue weighted by atomic mass is 16.6. The summed E-state index contributed by atoms with van der Waals surface area (Å²) in [5.41, 5.74) is 0.163. The average Bonchev–Trinajstić information content (AvgIpc) is 2.84. The number of anilines is 1. The number of benzene rings is 1. The van der Waals surface area contributed by atoms with E-state index in [1.54, 1.807) is 59.7 Å². The average molecular weight is 402 g/mol. The van der Waals surface area contributed by atoms with Gasteiger partial charge in [-0.05, 0) is 53.7 Å². The smallest absolute Gasteiger partial charge is 0.435 e. The topological polar surface area (TPSA) is 112 Å². The van der Waals surface area contributed by atoms with E-state index in [0.717, 1.165) is 0 Å². The summed E-state index contributed by atoms with van der Waals surface area (Å²) in [4.78, 5) is 37.4. The lowest BCUT2D eigenvalue weighted by molar-refractivity contribution is -0.118. The molecule has 0 aliphatic carbocycles. The lowest BCUT2D eigenvalue weighted by Crippen LogP contribution is -2.46. The van der Waals surface area contributed by atoms with Crippen molar-refractivity contribution in [3.8, 4) is 0 Å². The molecule has 0 bridgehead atoms. The fourth-order valence-corrected chi connectivity index (χ4v) is 3.01. The molecule has 2 aromatic rings. The molecule has 1 aliphatic rings. The van der Waals surface area contributed by atoms with E-state index in [1.165, 1.54) is 4.68 Å². The van der Waals surface area contributed by atoms with Crippen LogP contribution in [-0.4, -0.2) is 45.1 Å². The Hall–Kier alpha value is -3.10. The highest BCUT2D eigenvalue weighted by molar-refractivity contribution is 6.08. The van der Waals surface area contributed by atoms with Crippen LogP contribution in [0, 0.1) is 0 Å². The van der Waals surface area contributed by atoms with Gasteiger partial charge < -0.3 is 20.1 Å². The van der Waals surface area contributed by atoms with Crippen molar-refractivity contribution >= 4 is 34.7 Å². The molecule has 0 saturated carbocycles. The molecule has 2 N–H and O–H groups in total. The van der Waals surface area contributed by atoms with Gasteiger partial charge in [-0.15, -0.1) is 0 Å². The summed E-state index contributed by atoms with van der Waals surface area (Å²) in [5, 5.41) is 10.4. The number of aromatic nitrogens is 2. The molecule has 3 rings (SSSR count). The van der Waals surface area contributed by atoms with Crippen LogP contribution in [0.3, 0.4) is 0 Å². The van der Waals surface area contributed by atoms with Gasteiger partial charge in [-0.25, -0.2) is 9.59 Å². The van der Waals surface area contributed by atoms with Crippen LogP contribution >= 0.6 is 0 Å². The molecule has 29 heavy (non-hydrogen) atoms.